The molecule has 1 aliphatic heterocycles. The minimum atomic E-state index is -0.946. The molecule has 1 aliphatic rings. The summed E-state index contributed by atoms with van der Waals surface area (Å²) in [4.78, 5) is 65.7. The summed E-state index contributed by atoms with van der Waals surface area (Å²) in [5.74, 6) is -1.18. The van der Waals surface area contributed by atoms with E-state index < -0.39 is 42.1 Å². The second kappa shape index (κ2) is 16.3. The van der Waals surface area contributed by atoms with Gasteiger partial charge in [-0.25, -0.2) is 9.59 Å². The van der Waals surface area contributed by atoms with Crippen LogP contribution in [0.5, 0.6) is 0 Å². The molecule has 1 fully saturated rings. The number of ether oxygens (including phenoxy) is 2. The summed E-state index contributed by atoms with van der Waals surface area (Å²) in [6, 6.07) is 15.5. The van der Waals surface area contributed by atoms with Crippen molar-refractivity contribution >= 4 is 29.8 Å². The van der Waals surface area contributed by atoms with Gasteiger partial charge in [0.1, 0.15) is 31.3 Å². The second-order valence-electron chi connectivity index (χ2n) is 11.5. The van der Waals surface area contributed by atoms with Crippen LogP contribution < -0.4 is 16.0 Å². The van der Waals surface area contributed by atoms with Crippen LogP contribution in [0.25, 0.3) is 0 Å². The number of hydrogen-bond acceptors (Lipinski definition) is 7. The molecular weight excluding hydrogens is 552 g/mol. The maximum atomic E-state index is 13.4. The van der Waals surface area contributed by atoms with E-state index in [-0.39, 0.29) is 43.9 Å². The highest BCUT2D eigenvalue weighted by atomic mass is 16.6. The molecule has 0 aromatic heterocycles. The summed E-state index contributed by atoms with van der Waals surface area (Å²) in [5.41, 5.74) is 1.61. The van der Waals surface area contributed by atoms with Gasteiger partial charge in [-0.3, -0.25) is 14.4 Å². The molecule has 0 saturated carbocycles. The number of carbonyl (C=O) groups is 5. The molecule has 2 aromatic rings. The first-order valence-corrected chi connectivity index (χ1v) is 14.6. The minimum absolute atomic E-state index is 0.0479. The van der Waals surface area contributed by atoms with E-state index in [1.54, 1.807) is 0 Å². The first kappa shape index (κ1) is 33.1. The SMILES string of the molecule is CC(C)C[C@H](NC(=O)OCc1ccccc1)C(=O)NC1CN(C(=O)[C@H](CC(C)C)NC(=O)OCc2ccccc2)CC1=O. The summed E-state index contributed by atoms with van der Waals surface area (Å²) in [7, 11) is 0. The summed E-state index contributed by atoms with van der Waals surface area (Å²) < 4.78 is 10.6. The fourth-order valence-electron chi connectivity index (χ4n) is 4.68. The molecule has 43 heavy (non-hydrogen) atoms. The van der Waals surface area contributed by atoms with Crippen molar-refractivity contribution in [3.05, 3.63) is 71.8 Å². The average Bonchev–Trinajstić information content (AvgIpc) is 3.34. The molecule has 1 unspecified atom stereocenters. The molecule has 3 N–H and O–H groups in total. The van der Waals surface area contributed by atoms with Crippen molar-refractivity contribution in [1.82, 2.24) is 20.9 Å². The first-order chi connectivity index (χ1) is 20.5. The van der Waals surface area contributed by atoms with E-state index in [1.165, 1.54) is 4.90 Å². The third-order valence-electron chi connectivity index (χ3n) is 6.80. The molecule has 11 heteroatoms. The molecule has 3 atom stereocenters. The minimum Gasteiger partial charge on any atom is -0.445 e. The third-order valence-corrected chi connectivity index (χ3v) is 6.80. The fraction of sp³-hybridized carbons (Fsp3) is 0.469. The maximum Gasteiger partial charge on any atom is 0.408 e. The van der Waals surface area contributed by atoms with Gasteiger partial charge in [-0.2, -0.15) is 0 Å². The molecule has 3 rings (SSSR count). The van der Waals surface area contributed by atoms with Crippen LogP contribution in [-0.2, 0) is 37.1 Å². The maximum absolute atomic E-state index is 13.4. The monoisotopic (exact) mass is 594 g/mol. The van der Waals surface area contributed by atoms with E-state index >= 15 is 0 Å². The van der Waals surface area contributed by atoms with Crippen LogP contribution in [0.1, 0.15) is 51.7 Å². The van der Waals surface area contributed by atoms with Gasteiger partial charge in [-0.05, 0) is 35.8 Å². The van der Waals surface area contributed by atoms with Gasteiger partial charge in [0.15, 0.2) is 5.78 Å². The topological polar surface area (TPSA) is 143 Å². The largest absolute Gasteiger partial charge is 0.445 e. The first-order valence-electron chi connectivity index (χ1n) is 14.6. The number of alkyl carbamates (subject to hydrolysis) is 2. The number of likely N-dealkylation sites (tertiary alicyclic amines) is 1. The lowest BCUT2D eigenvalue weighted by atomic mass is 10.0. The Morgan fingerprint density at radius 1 is 0.767 bits per heavy atom. The molecule has 11 nitrogen and oxygen atoms in total. The Balaban J connectivity index is 1.57. The van der Waals surface area contributed by atoms with E-state index in [2.05, 4.69) is 16.0 Å². The fourth-order valence-corrected chi connectivity index (χ4v) is 4.68. The van der Waals surface area contributed by atoms with Crippen LogP contribution in [0.3, 0.4) is 0 Å². The number of Topliss-reactive ketones (excluding diaryl/α,β-unsaturated/α-hetero) is 1. The molecule has 2 aromatic carbocycles. The number of carbonyl (C=O) groups excluding carboxylic acids is 5. The van der Waals surface area contributed by atoms with E-state index in [9.17, 15) is 24.0 Å². The average molecular weight is 595 g/mol. The summed E-state index contributed by atoms with van der Waals surface area (Å²) >= 11 is 0. The van der Waals surface area contributed by atoms with Crippen LogP contribution in [0, 0.1) is 11.8 Å². The summed E-state index contributed by atoms with van der Waals surface area (Å²) in [6.07, 6.45) is -0.825. The molecular formula is C32H42N4O7. The highest BCUT2D eigenvalue weighted by Crippen LogP contribution is 2.15. The highest BCUT2D eigenvalue weighted by Gasteiger charge is 2.39. The van der Waals surface area contributed by atoms with Crippen molar-refractivity contribution in [2.24, 2.45) is 11.8 Å². The van der Waals surface area contributed by atoms with Crippen LogP contribution >= 0.6 is 0 Å². The number of nitrogens with zero attached hydrogens (tertiary/aromatic N) is 1. The van der Waals surface area contributed by atoms with Crippen LogP contribution in [0.15, 0.2) is 60.7 Å². The summed E-state index contributed by atoms with van der Waals surface area (Å²) in [5, 5.41) is 7.93. The Labute approximate surface area is 252 Å². The molecule has 1 heterocycles. The van der Waals surface area contributed by atoms with E-state index in [1.807, 2.05) is 88.4 Å². The van der Waals surface area contributed by atoms with E-state index in [4.69, 9.17) is 9.47 Å². The van der Waals surface area contributed by atoms with Gasteiger partial charge in [-0.15, -0.1) is 0 Å². The van der Waals surface area contributed by atoms with Gasteiger partial charge in [-0.1, -0.05) is 88.4 Å². The van der Waals surface area contributed by atoms with Crippen LogP contribution in [0.2, 0.25) is 0 Å². The third kappa shape index (κ3) is 11.1. The van der Waals surface area contributed by atoms with Crippen molar-refractivity contribution in [2.75, 3.05) is 13.1 Å². The van der Waals surface area contributed by atoms with Crippen molar-refractivity contribution < 1.29 is 33.4 Å². The van der Waals surface area contributed by atoms with Crippen molar-refractivity contribution in [1.29, 1.82) is 0 Å². The second-order valence-corrected chi connectivity index (χ2v) is 11.5. The number of hydrogen-bond donors (Lipinski definition) is 3. The molecule has 232 valence electrons. The predicted octanol–water partition coefficient (Wildman–Crippen LogP) is 3.56. The van der Waals surface area contributed by atoms with Gasteiger partial charge in [0, 0.05) is 6.54 Å². The Morgan fingerprint density at radius 3 is 1.72 bits per heavy atom. The molecule has 0 bridgehead atoms. The summed E-state index contributed by atoms with van der Waals surface area (Å²) in [6.45, 7) is 7.50. The van der Waals surface area contributed by atoms with Gasteiger partial charge < -0.3 is 30.3 Å². The van der Waals surface area contributed by atoms with Crippen molar-refractivity contribution in [3.8, 4) is 0 Å². The van der Waals surface area contributed by atoms with Gasteiger partial charge in [0.25, 0.3) is 0 Å². The zero-order chi connectivity index (χ0) is 31.4. The quantitative estimate of drug-likeness (QED) is 0.322. The smallest absolute Gasteiger partial charge is 0.408 e. The Bertz CT molecular complexity index is 1240. The van der Waals surface area contributed by atoms with Gasteiger partial charge >= 0.3 is 12.2 Å². The predicted molar refractivity (Wildman–Crippen MR) is 160 cm³/mol. The van der Waals surface area contributed by atoms with E-state index in [0.717, 1.165) is 11.1 Å². The Hall–Kier alpha value is -4.41. The standard InChI is InChI=1S/C32H42N4O7/c1-21(2)15-25(34-31(40)42-19-23-11-7-5-8-12-23)29(38)33-27-17-36(18-28(27)37)30(39)26(16-22(3)4)35-32(41)43-20-24-13-9-6-10-14-24/h5-14,21-22,25-27H,15-20H2,1-4H3,(H,33,38)(H,34,40)(H,35,41)/t25-,26-,27?/m0/s1. The lowest BCUT2D eigenvalue weighted by Gasteiger charge is -2.25. The Kier molecular flexibility index (Phi) is 12.5. The zero-order valence-corrected chi connectivity index (χ0v) is 25.2. The molecule has 0 spiro atoms. The van der Waals surface area contributed by atoms with Crippen molar-refractivity contribution in [2.45, 2.75) is 71.9 Å². The number of benzene rings is 2. The number of rotatable bonds is 13. The molecule has 0 radical (unpaired) electrons. The van der Waals surface area contributed by atoms with Crippen molar-refractivity contribution in [3.63, 3.8) is 0 Å². The van der Waals surface area contributed by atoms with E-state index in [0.29, 0.717) is 12.8 Å². The highest BCUT2D eigenvalue weighted by molar-refractivity contribution is 5.98. The normalized spacial score (nSPS) is 16.0. The lowest BCUT2D eigenvalue weighted by Crippen LogP contribution is -2.53. The number of amides is 4. The molecule has 1 saturated heterocycles. The molecule has 0 aliphatic carbocycles. The van der Waals surface area contributed by atoms with Gasteiger partial charge in [0.2, 0.25) is 11.8 Å². The number of ketones is 1. The lowest BCUT2D eigenvalue weighted by molar-refractivity contribution is -0.134. The van der Waals surface area contributed by atoms with Crippen LogP contribution in [-0.4, -0.2) is 65.9 Å². The zero-order valence-electron chi connectivity index (χ0n) is 25.2. The van der Waals surface area contributed by atoms with Gasteiger partial charge in [0.05, 0.1) is 6.54 Å². The van der Waals surface area contributed by atoms with Crippen LogP contribution in [0.4, 0.5) is 9.59 Å². The Morgan fingerprint density at radius 2 is 1.23 bits per heavy atom. The molecule has 4 amide bonds. The number of nitrogens with one attached hydrogen (secondary N) is 3.